The van der Waals surface area contributed by atoms with Gasteiger partial charge in [-0.2, -0.15) is 0 Å². The summed E-state index contributed by atoms with van der Waals surface area (Å²) in [5, 5.41) is 0. The number of halogens is 7. The molecule has 0 spiro atoms. The maximum atomic E-state index is 13.6. The van der Waals surface area contributed by atoms with E-state index < -0.39 is 32.4 Å². The molecular weight excluding hydrogens is 328 g/mol. The van der Waals surface area contributed by atoms with Crippen LogP contribution in [0.25, 0.3) is 0 Å². The molecule has 1 unspecified atom stereocenters. The monoisotopic (exact) mass is 343 g/mol. The molecular formula is C11H16ClF6NS. The average Bonchev–Trinajstić information content (AvgIpc) is 2.11. The summed E-state index contributed by atoms with van der Waals surface area (Å²) >= 11 is 0. The third-order valence-electron chi connectivity index (χ3n) is 2.69. The lowest BCUT2D eigenvalue weighted by Gasteiger charge is -2.40. The maximum Gasteiger partial charge on any atom is 0.310 e. The van der Waals surface area contributed by atoms with Crippen LogP contribution < -0.4 is 5.73 Å². The first-order valence-electron chi connectivity index (χ1n) is 5.31. The van der Waals surface area contributed by atoms with Crippen molar-refractivity contribution in [3.05, 3.63) is 29.6 Å². The van der Waals surface area contributed by atoms with Gasteiger partial charge in [0.1, 0.15) is 10.7 Å². The molecule has 0 amide bonds. The highest BCUT2D eigenvalue weighted by Crippen LogP contribution is 3.02. The van der Waals surface area contributed by atoms with Crippen LogP contribution in [-0.4, -0.2) is 0 Å². The molecule has 0 bridgehead atoms. The van der Waals surface area contributed by atoms with Gasteiger partial charge in [-0.15, -0.1) is 12.4 Å². The number of hydrogen-bond acceptors (Lipinski definition) is 1. The highest BCUT2D eigenvalue weighted by molar-refractivity contribution is 8.45. The SMILES string of the molecule is CC(C)(C)C(N)c1ccc(S(F)(F)(F)(F)F)cc1F.Cl. The topological polar surface area (TPSA) is 26.0 Å². The normalized spacial score (nSPS) is 17.7. The van der Waals surface area contributed by atoms with Crippen molar-refractivity contribution in [1.29, 1.82) is 0 Å². The Bertz CT molecular complexity index is 507. The van der Waals surface area contributed by atoms with Crippen molar-refractivity contribution >= 4 is 22.6 Å². The lowest BCUT2D eigenvalue weighted by Crippen LogP contribution is -2.27. The number of benzene rings is 1. The van der Waals surface area contributed by atoms with Gasteiger partial charge in [0, 0.05) is 11.6 Å². The van der Waals surface area contributed by atoms with E-state index in [9.17, 15) is 23.8 Å². The predicted molar refractivity (Wildman–Crippen MR) is 71.4 cm³/mol. The Balaban J connectivity index is 0.00000361. The van der Waals surface area contributed by atoms with Crippen LogP contribution in [0.15, 0.2) is 23.1 Å². The molecule has 0 aliphatic carbocycles. The summed E-state index contributed by atoms with van der Waals surface area (Å²) in [6.45, 7) is 4.99. The molecule has 120 valence electrons. The highest BCUT2D eigenvalue weighted by atomic mass is 35.5. The molecule has 0 aliphatic heterocycles. The highest BCUT2D eigenvalue weighted by Gasteiger charge is 2.65. The third-order valence-corrected chi connectivity index (χ3v) is 3.83. The third kappa shape index (κ3) is 4.46. The van der Waals surface area contributed by atoms with Gasteiger partial charge in [-0.05, 0) is 17.5 Å². The summed E-state index contributed by atoms with van der Waals surface area (Å²) < 4.78 is 76.1. The van der Waals surface area contributed by atoms with Crippen LogP contribution >= 0.6 is 22.6 Å². The number of hydrogen-bond donors (Lipinski definition) is 1. The van der Waals surface area contributed by atoms with Gasteiger partial charge < -0.3 is 5.73 Å². The van der Waals surface area contributed by atoms with Crippen molar-refractivity contribution in [2.24, 2.45) is 11.1 Å². The van der Waals surface area contributed by atoms with Crippen LogP contribution in [0.4, 0.5) is 23.8 Å². The molecule has 1 aromatic carbocycles. The van der Waals surface area contributed by atoms with Gasteiger partial charge in [0.25, 0.3) is 0 Å². The largest absolute Gasteiger partial charge is 0.323 e. The average molecular weight is 344 g/mol. The second-order valence-corrected chi connectivity index (χ2v) is 7.91. The Kier molecular flexibility index (Phi) is 4.31. The first-order valence-corrected chi connectivity index (χ1v) is 7.26. The minimum atomic E-state index is -9.86. The fourth-order valence-corrected chi connectivity index (χ4v) is 2.12. The second kappa shape index (κ2) is 4.45. The van der Waals surface area contributed by atoms with Gasteiger partial charge in [0.05, 0.1) is 0 Å². The summed E-state index contributed by atoms with van der Waals surface area (Å²) in [4.78, 5) is -2.25. The minimum Gasteiger partial charge on any atom is -0.323 e. The zero-order chi connectivity index (χ0) is 15.3. The molecule has 9 heteroatoms. The first kappa shape index (κ1) is 19.4. The molecule has 1 aromatic rings. The van der Waals surface area contributed by atoms with E-state index in [1.165, 1.54) is 0 Å². The molecule has 2 N–H and O–H groups in total. The summed E-state index contributed by atoms with van der Waals surface area (Å²) in [5.74, 6) is -1.38. The number of rotatable bonds is 2. The standard InChI is InChI=1S/C11H15F6NS.ClH/c1-11(2,3)10(18)8-5-4-7(6-9(8)12)19(13,14,15,16)17;/h4-6,10H,18H2,1-3H3;1H. The number of nitrogens with two attached hydrogens (primary N) is 1. The van der Waals surface area contributed by atoms with Crippen molar-refractivity contribution in [3.8, 4) is 0 Å². The Hall–Kier alpha value is -0.600. The fourth-order valence-electron chi connectivity index (χ4n) is 1.47. The van der Waals surface area contributed by atoms with E-state index in [-0.39, 0.29) is 30.1 Å². The van der Waals surface area contributed by atoms with E-state index in [0.29, 0.717) is 6.07 Å². The van der Waals surface area contributed by atoms with Gasteiger partial charge in [-0.1, -0.05) is 46.3 Å². The molecule has 0 saturated carbocycles. The Morgan fingerprint density at radius 2 is 1.50 bits per heavy atom. The lowest BCUT2D eigenvalue weighted by atomic mass is 9.83. The molecule has 0 heterocycles. The van der Waals surface area contributed by atoms with Crippen molar-refractivity contribution in [3.63, 3.8) is 0 Å². The zero-order valence-corrected chi connectivity index (χ0v) is 12.6. The van der Waals surface area contributed by atoms with Gasteiger partial charge in [0.2, 0.25) is 0 Å². The van der Waals surface area contributed by atoms with Crippen molar-refractivity contribution < 1.29 is 23.8 Å². The Morgan fingerprint density at radius 1 is 1.05 bits per heavy atom. The smallest absolute Gasteiger partial charge is 0.310 e. The lowest BCUT2D eigenvalue weighted by molar-refractivity contribution is 0.318. The van der Waals surface area contributed by atoms with Gasteiger partial charge in [0.15, 0.2) is 0 Å². The zero-order valence-electron chi connectivity index (χ0n) is 11.0. The van der Waals surface area contributed by atoms with Crippen LogP contribution in [0.5, 0.6) is 0 Å². The van der Waals surface area contributed by atoms with Crippen molar-refractivity contribution in [2.45, 2.75) is 31.7 Å². The fraction of sp³-hybridized carbons (Fsp3) is 0.455. The molecule has 20 heavy (non-hydrogen) atoms. The molecule has 1 rings (SSSR count). The van der Waals surface area contributed by atoms with Crippen LogP contribution in [0.3, 0.4) is 0 Å². The van der Waals surface area contributed by atoms with Gasteiger partial charge in [-0.3, -0.25) is 0 Å². The first-order chi connectivity index (χ1) is 8.02. The van der Waals surface area contributed by atoms with Gasteiger partial charge in [-0.25, -0.2) is 4.39 Å². The molecule has 0 radical (unpaired) electrons. The van der Waals surface area contributed by atoms with E-state index >= 15 is 0 Å². The molecule has 0 fully saturated rings. The molecule has 0 aliphatic rings. The maximum absolute atomic E-state index is 13.6. The summed E-state index contributed by atoms with van der Waals surface area (Å²) in [7, 11) is -9.86. The summed E-state index contributed by atoms with van der Waals surface area (Å²) in [6.07, 6.45) is 0. The van der Waals surface area contributed by atoms with E-state index in [4.69, 9.17) is 5.73 Å². The molecule has 1 nitrogen and oxygen atoms in total. The minimum absolute atomic E-state index is 0. The molecule has 1 atom stereocenters. The van der Waals surface area contributed by atoms with Crippen LogP contribution in [-0.2, 0) is 0 Å². The Morgan fingerprint density at radius 3 is 1.80 bits per heavy atom. The summed E-state index contributed by atoms with van der Waals surface area (Å²) in [5.41, 5.74) is 4.86. The molecule has 0 saturated heterocycles. The van der Waals surface area contributed by atoms with Crippen LogP contribution in [0.2, 0.25) is 0 Å². The van der Waals surface area contributed by atoms with Crippen LogP contribution in [0.1, 0.15) is 32.4 Å². The van der Waals surface area contributed by atoms with E-state index in [1.54, 1.807) is 20.8 Å². The Labute approximate surface area is 119 Å². The predicted octanol–water partition coefficient (Wildman–Crippen LogP) is 5.95. The van der Waals surface area contributed by atoms with Gasteiger partial charge >= 0.3 is 10.2 Å². The molecule has 0 aromatic heterocycles. The van der Waals surface area contributed by atoms with Crippen molar-refractivity contribution in [2.75, 3.05) is 0 Å². The quantitative estimate of drug-likeness (QED) is 0.660. The van der Waals surface area contributed by atoms with Crippen molar-refractivity contribution in [1.82, 2.24) is 0 Å². The van der Waals surface area contributed by atoms with E-state index in [0.717, 1.165) is 0 Å². The second-order valence-electron chi connectivity index (χ2n) is 5.50. The van der Waals surface area contributed by atoms with E-state index in [1.807, 2.05) is 0 Å². The van der Waals surface area contributed by atoms with E-state index in [2.05, 4.69) is 0 Å². The van der Waals surface area contributed by atoms with Crippen LogP contribution in [0, 0.1) is 11.2 Å². The summed E-state index contributed by atoms with van der Waals surface area (Å²) in [6, 6.07) is -0.257.